The van der Waals surface area contributed by atoms with E-state index in [1.54, 1.807) is 12.1 Å². The number of phenols is 1. The van der Waals surface area contributed by atoms with Crippen LogP contribution in [-0.4, -0.2) is 10.9 Å². The van der Waals surface area contributed by atoms with Crippen molar-refractivity contribution in [3.8, 4) is 5.75 Å². The van der Waals surface area contributed by atoms with Gasteiger partial charge in [0.15, 0.2) is 5.78 Å². The van der Waals surface area contributed by atoms with E-state index in [2.05, 4.69) is 20.8 Å². The Bertz CT molecular complexity index is 565. The van der Waals surface area contributed by atoms with E-state index < -0.39 is 0 Å². The van der Waals surface area contributed by atoms with E-state index in [-0.39, 0.29) is 16.6 Å². The Morgan fingerprint density at radius 2 is 1.84 bits per heavy atom. The molecule has 1 N–H and O–H groups in total. The van der Waals surface area contributed by atoms with Crippen molar-refractivity contribution in [1.82, 2.24) is 0 Å². The fourth-order valence-electron chi connectivity index (χ4n) is 3.84. The summed E-state index contributed by atoms with van der Waals surface area (Å²) in [5, 5.41) is 9.31. The Balaban J connectivity index is 2.04. The topological polar surface area (TPSA) is 37.3 Å². The molecule has 0 amide bonds. The first kappa shape index (κ1) is 12.5. The number of phenolic OH excluding ortho intramolecular Hbond substituents is 1. The zero-order valence-electron chi connectivity index (χ0n) is 11.7. The minimum Gasteiger partial charge on any atom is -0.508 e. The van der Waals surface area contributed by atoms with Crippen molar-refractivity contribution in [2.45, 2.75) is 33.6 Å². The average molecular weight is 256 g/mol. The van der Waals surface area contributed by atoms with Crippen LogP contribution < -0.4 is 0 Å². The van der Waals surface area contributed by atoms with Crippen molar-refractivity contribution < 1.29 is 9.90 Å². The highest BCUT2D eigenvalue weighted by Crippen LogP contribution is 2.65. The molecular formula is C17H20O2. The molecule has 0 aromatic heterocycles. The van der Waals surface area contributed by atoms with Gasteiger partial charge >= 0.3 is 0 Å². The van der Waals surface area contributed by atoms with Crippen LogP contribution in [0.2, 0.25) is 0 Å². The summed E-state index contributed by atoms with van der Waals surface area (Å²) in [7, 11) is 0. The number of allylic oxidation sites excluding steroid dienone is 1. The molecule has 2 saturated carbocycles. The van der Waals surface area contributed by atoms with Gasteiger partial charge in [-0.25, -0.2) is 0 Å². The van der Waals surface area contributed by atoms with Gasteiger partial charge in [-0.3, -0.25) is 4.79 Å². The Hall–Kier alpha value is -1.57. The number of carbonyl (C=O) groups is 1. The highest BCUT2D eigenvalue weighted by molar-refractivity contribution is 6.07. The van der Waals surface area contributed by atoms with Crippen molar-refractivity contribution in [3.05, 3.63) is 35.4 Å². The number of aromatic hydroxyl groups is 1. The third kappa shape index (κ3) is 1.52. The lowest BCUT2D eigenvalue weighted by Gasteiger charge is -2.31. The fraction of sp³-hybridized carbons (Fsp3) is 0.471. The number of benzene rings is 1. The van der Waals surface area contributed by atoms with Gasteiger partial charge in [0.2, 0.25) is 0 Å². The zero-order valence-corrected chi connectivity index (χ0v) is 11.7. The molecule has 2 unspecified atom stereocenters. The monoisotopic (exact) mass is 256 g/mol. The van der Waals surface area contributed by atoms with Gasteiger partial charge in [-0.2, -0.15) is 0 Å². The molecule has 0 aliphatic heterocycles. The molecule has 0 heterocycles. The van der Waals surface area contributed by atoms with Crippen LogP contribution in [0.25, 0.3) is 6.08 Å². The van der Waals surface area contributed by atoms with E-state index in [9.17, 15) is 9.90 Å². The van der Waals surface area contributed by atoms with Gasteiger partial charge in [0.05, 0.1) is 0 Å². The second-order valence-corrected chi connectivity index (χ2v) is 6.67. The molecule has 2 bridgehead atoms. The summed E-state index contributed by atoms with van der Waals surface area (Å²) in [5.41, 5.74) is 1.84. The van der Waals surface area contributed by atoms with Gasteiger partial charge in [0.1, 0.15) is 5.75 Å². The molecule has 2 aliphatic rings. The molecule has 2 aliphatic carbocycles. The first-order valence-electron chi connectivity index (χ1n) is 6.92. The summed E-state index contributed by atoms with van der Waals surface area (Å²) in [6.45, 7) is 6.56. The summed E-state index contributed by atoms with van der Waals surface area (Å²) >= 11 is 0. The van der Waals surface area contributed by atoms with E-state index in [1.807, 2.05) is 18.2 Å². The van der Waals surface area contributed by atoms with Crippen molar-refractivity contribution >= 4 is 11.9 Å². The minimum absolute atomic E-state index is 0.0623. The van der Waals surface area contributed by atoms with E-state index in [4.69, 9.17) is 0 Å². The van der Waals surface area contributed by atoms with E-state index in [0.717, 1.165) is 24.0 Å². The van der Waals surface area contributed by atoms with Crippen molar-refractivity contribution in [2.75, 3.05) is 0 Å². The first-order valence-corrected chi connectivity index (χ1v) is 6.92. The highest BCUT2D eigenvalue weighted by atomic mass is 16.3. The molecule has 2 heteroatoms. The van der Waals surface area contributed by atoms with Crippen molar-refractivity contribution in [3.63, 3.8) is 0 Å². The largest absolute Gasteiger partial charge is 0.508 e. The predicted octanol–water partition coefficient (Wildman–Crippen LogP) is 3.80. The molecular weight excluding hydrogens is 236 g/mol. The Morgan fingerprint density at radius 3 is 2.37 bits per heavy atom. The predicted molar refractivity (Wildman–Crippen MR) is 75.7 cm³/mol. The van der Waals surface area contributed by atoms with Crippen molar-refractivity contribution in [1.29, 1.82) is 0 Å². The van der Waals surface area contributed by atoms with Crippen LogP contribution in [0.15, 0.2) is 29.8 Å². The molecule has 0 saturated heterocycles. The SMILES string of the molecule is CC12CCC(C(=Cc3ccc(O)cc3)C1=O)C2(C)C. The number of hydrogen-bond donors (Lipinski definition) is 1. The molecule has 3 rings (SSSR count). The maximum Gasteiger partial charge on any atom is 0.165 e. The molecule has 1 aromatic rings. The van der Waals surface area contributed by atoms with Crippen LogP contribution in [0.4, 0.5) is 0 Å². The first-order chi connectivity index (χ1) is 8.86. The Kier molecular flexibility index (Phi) is 2.44. The molecule has 19 heavy (non-hydrogen) atoms. The molecule has 2 atom stereocenters. The smallest absolute Gasteiger partial charge is 0.165 e. The highest BCUT2D eigenvalue weighted by Gasteiger charge is 2.63. The maximum absolute atomic E-state index is 12.7. The molecule has 0 spiro atoms. The number of hydrogen-bond acceptors (Lipinski definition) is 2. The summed E-state index contributed by atoms with van der Waals surface area (Å²) < 4.78 is 0. The fourth-order valence-corrected chi connectivity index (χ4v) is 3.84. The number of fused-ring (bicyclic) bond motifs is 2. The van der Waals surface area contributed by atoms with Crippen LogP contribution in [-0.2, 0) is 4.79 Å². The normalized spacial score (nSPS) is 34.2. The van der Waals surface area contributed by atoms with Gasteiger partial charge in [0.25, 0.3) is 0 Å². The minimum atomic E-state index is -0.194. The third-order valence-corrected chi connectivity index (χ3v) is 5.58. The van der Waals surface area contributed by atoms with Crippen LogP contribution in [0.5, 0.6) is 5.75 Å². The van der Waals surface area contributed by atoms with Gasteiger partial charge in [0, 0.05) is 5.41 Å². The average Bonchev–Trinajstić information content (AvgIpc) is 2.66. The molecule has 1 aromatic carbocycles. The van der Waals surface area contributed by atoms with Gasteiger partial charge in [-0.05, 0) is 53.5 Å². The number of ketones is 1. The summed E-state index contributed by atoms with van der Waals surface area (Å²) in [4.78, 5) is 12.7. The summed E-state index contributed by atoms with van der Waals surface area (Å²) in [5.74, 6) is 0.953. The number of Topliss-reactive ketones (excluding diaryl/α,β-unsaturated/α-hetero) is 1. The van der Waals surface area contributed by atoms with Crippen LogP contribution >= 0.6 is 0 Å². The van der Waals surface area contributed by atoms with Gasteiger partial charge in [-0.15, -0.1) is 0 Å². The lowest BCUT2D eigenvalue weighted by molar-refractivity contribution is -0.125. The van der Waals surface area contributed by atoms with Crippen LogP contribution in [0.3, 0.4) is 0 Å². The van der Waals surface area contributed by atoms with E-state index in [0.29, 0.717) is 11.7 Å². The van der Waals surface area contributed by atoms with Gasteiger partial charge in [-0.1, -0.05) is 32.9 Å². The number of carbonyl (C=O) groups excluding carboxylic acids is 1. The summed E-state index contributed by atoms with van der Waals surface area (Å²) in [6, 6.07) is 7.04. The Morgan fingerprint density at radius 1 is 1.21 bits per heavy atom. The van der Waals surface area contributed by atoms with Crippen molar-refractivity contribution in [2.24, 2.45) is 16.7 Å². The molecule has 2 nitrogen and oxygen atoms in total. The van der Waals surface area contributed by atoms with Crippen LogP contribution in [0.1, 0.15) is 39.2 Å². The lowest BCUT2D eigenvalue weighted by Crippen LogP contribution is -2.32. The second kappa shape index (κ2) is 3.72. The third-order valence-electron chi connectivity index (χ3n) is 5.58. The number of rotatable bonds is 1. The van der Waals surface area contributed by atoms with Gasteiger partial charge < -0.3 is 5.11 Å². The summed E-state index contributed by atoms with van der Waals surface area (Å²) in [6.07, 6.45) is 4.13. The molecule has 0 radical (unpaired) electrons. The quantitative estimate of drug-likeness (QED) is 0.776. The Labute approximate surface area is 114 Å². The second-order valence-electron chi connectivity index (χ2n) is 6.67. The molecule has 2 fully saturated rings. The maximum atomic E-state index is 12.7. The zero-order chi connectivity index (χ0) is 13.8. The standard InChI is InChI=1S/C17H20O2/c1-16(2)14-8-9-17(16,3)15(19)13(14)10-11-4-6-12(18)7-5-11/h4-7,10,14,18H,8-9H2,1-3H3. The van der Waals surface area contributed by atoms with Crippen LogP contribution in [0, 0.1) is 16.7 Å². The molecule has 100 valence electrons. The lowest BCUT2D eigenvalue weighted by atomic mass is 9.70. The van der Waals surface area contributed by atoms with E-state index >= 15 is 0 Å². The van der Waals surface area contributed by atoms with E-state index in [1.165, 1.54) is 0 Å².